The van der Waals surface area contributed by atoms with Crippen LogP contribution in [0.3, 0.4) is 0 Å². The van der Waals surface area contributed by atoms with Crippen LogP contribution < -0.4 is 5.32 Å². The second kappa shape index (κ2) is 9.75. The molecule has 1 atom stereocenters. The molecule has 1 heterocycles. The predicted molar refractivity (Wildman–Crippen MR) is 121 cm³/mol. The fourth-order valence-corrected chi connectivity index (χ4v) is 4.12. The van der Waals surface area contributed by atoms with Gasteiger partial charge in [-0.2, -0.15) is 5.26 Å². The third kappa shape index (κ3) is 5.18. The Hall–Kier alpha value is -2.87. The van der Waals surface area contributed by atoms with Crippen molar-refractivity contribution in [2.24, 2.45) is 0 Å². The van der Waals surface area contributed by atoms with Crippen molar-refractivity contribution in [2.45, 2.75) is 44.8 Å². The van der Waals surface area contributed by atoms with E-state index >= 15 is 0 Å². The van der Waals surface area contributed by atoms with Gasteiger partial charge in [-0.25, -0.2) is 4.98 Å². The van der Waals surface area contributed by atoms with Crippen LogP contribution in [-0.4, -0.2) is 15.6 Å². The van der Waals surface area contributed by atoms with Crippen LogP contribution >= 0.6 is 11.6 Å². The minimum atomic E-state index is 0.333. The number of rotatable bonds is 6. The van der Waals surface area contributed by atoms with Crippen LogP contribution in [0.25, 0.3) is 5.57 Å². The number of halogens is 1. The smallest absolute Gasteiger partial charge is 0.0991 e. The van der Waals surface area contributed by atoms with Gasteiger partial charge in [0.25, 0.3) is 0 Å². The molecule has 4 nitrogen and oxygen atoms in total. The Kier molecular flexibility index (Phi) is 6.63. The summed E-state index contributed by atoms with van der Waals surface area (Å²) in [6, 6.07) is 18.4. The van der Waals surface area contributed by atoms with Gasteiger partial charge in [0, 0.05) is 30.4 Å². The van der Waals surface area contributed by atoms with E-state index in [2.05, 4.69) is 39.1 Å². The average Bonchev–Trinajstić information content (AvgIpc) is 3.06. The summed E-state index contributed by atoms with van der Waals surface area (Å²) in [7, 11) is 0. The number of hydrogen-bond donors (Lipinski definition) is 1. The number of aromatic nitrogens is 2. The molecular formula is C25H25ClN4. The van der Waals surface area contributed by atoms with Crippen LogP contribution in [0, 0.1) is 11.3 Å². The summed E-state index contributed by atoms with van der Waals surface area (Å²) in [6.07, 6.45) is 10.8. The van der Waals surface area contributed by atoms with Gasteiger partial charge in [-0.1, -0.05) is 48.4 Å². The molecule has 1 N–H and O–H groups in total. The zero-order valence-electron chi connectivity index (χ0n) is 16.9. The van der Waals surface area contributed by atoms with Crippen molar-refractivity contribution in [3.05, 3.63) is 94.5 Å². The maximum Gasteiger partial charge on any atom is 0.0991 e. The first-order chi connectivity index (χ1) is 14.7. The van der Waals surface area contributed by atoms with Gasteiger partial charge in [-0.3, -0.25) is 0 Å². The summed E-state index contributed by atoms with van der Waals surface area (Å²) in [5, 5.41) is 13.5. The highest BCUT2D eigenvalue weighted by Crippen LogP contribution is 2.28. The Bertz CT molecular complexity index is 1060. The van der Waals surface area contributed by atoms with Crippen LogP contribution in [-0.2, 0) is 13.1 Å². The minimum absolute atomic E-state index is 0.333. The first-order valence-electron chi connectivity index (χ1n) is 10.4. The average molecular weight is 417 g/mol. The summed E-state index contributed by atoms with van der Waals surface area (Å²) in [4.78, 5) is 4.35. The lowest BCUT2D eigenvalue weighted by atomic mass is 10.0. The second-order valence-electron chi connectivity index (χ2n) is 7.76. The fourth-order valence-electron chi connectivity index (χ4n) is 3.93. The number of hydrogen-bond acceptors (Lipinski definition) is 3. The van der Waals surface area contributed by atoms with Crippen LogP contribution in [0.5, 0.6) is 0 Å². The molecule has 0 saturated carbocycles. The Morgan fingerprint density at radius 1 is 1.17 bits per heavy atom. The van der Waals surface area contributed by atoms with E-state index in [9.17, 15) is 0 Å². The van der Waals surface area contributed by atoms with Crippen molar-refractivity contribution in [3.63, 3.8) is 0 Å². The first kappa shape index (κ1) is 20.4. The van der Waals surface area contributed by atoms with Gasteiger partial charge in [0.05, 0.1) is 23.7 Å². The summed E-state index contributed by atoms with van der Waals surface area (Å²) in [6.45, 7) is 1.51. The van der Waals surface area contributed by atoms with E-state index in [1.165, 1.54) is 24.0 Å². The van der Waals surface area contributed by atoms with E-state index < -0.39 is 0 Å². The second-order valence-corrected chi connectivity index (χ2v) is 8.19. The number of imidazole rings is 1. The zero-order chi connectivity index (χ0) is 20.8. The summed E-state index contributed by atoms with van der Waals surface area (Å²) in [5.74, 6) is 0. The van der Waals surface area contributed by atoms with E-state index in [4.69, 9.17) is 16.9 Å². The molecule has 0 aliphatic heterocycles. The zero-order valence-corrected chi connectivity index (χ0v) is 17.6. The van der Waals surface area contributed by atoms with Gasteiger partial charge >= 0.3 is 0 Å². The molecule has 2 aromatic carbocycles. The number of benzene rings is 2. The molecule has 4 rings (SSSR count). The van der Waals surface area contributed by atoms with Crippen LogP contribution in [0.1, 0.15) is 48.1 Å². The normalized spacial score (nSPS) is 16.5. The summed E-state index contributed by atoms with van der Waals surface area (Å²) < 4.78 is 2.16. The number of allylic oxidation sites excluding steroid dienone is 1. The topological polar surface area (TPSA) is 53.6 Å². The Balaban J connectivity index is 1.43. The van der Waals surface area contributed by atoms with Gasteiger partial charge < -0.3 is 9.88 Å². The summed E-state index contributed by atoms with van der Waals surface area (Å²) >= 11 is 6.20. The molecule has 0 amide bonds. The maximum atomic E-state index is 8.96. The van der Waals surface area contributed by atoms with Crippen molar-refractivity contribution >= 4 is 17.2 Å². The summed E-state index contributed by atoms with van der Waals surface area (Å²) in [5.41, 5.74) is 5.59. The van der Waals surface area contributed by atoms with Crippen molar-refractivity contribution < 1.29 is 0 Å². The number of nitrogens with zero attached hydrogens (tertiary/aromatic N) is 3. The predicted octanol–water partition coefficient (Wildman–Crippen LogP) is 5.57. The largest absolute Gasteiger partial charge is 0.329 e. The molecule has 1 aliphatic carbocycles. The third-order valence-corrected chi connectivity index (χ3v) is 5.82. The Morgan fingerprint density at radius 3 is 2.83 bits per heavy atom. The quantitative estimate of drug-likeness (QED) is 0.571. The Morgan fingerprint density at radius 2 is 2.03 bits per heavy atom. The highest BCUT2D eigenvalue weighted by Gasteiger charge is 2.14. The van der Waals surface area contributed by atoms with E-state index in [1.54, 1.807) is 0 Å². The monoisotopic (exact) mass is 416 g/mol. The molecule has 3 aromatic rings. The van der Waals surface area contributed by atoms with Crippen LogP contribution in [0.2, 0.25) is 5.02 Å². The molecule has 1 aromatic heterocycles. The first-order valence-corrected chi connectivity index (χ1v) is 10.8. The Labute approximate surface area is 182 Å². The van der Waals surface area contributed by atoms with Gasteiger partial charge in [0.1, 0.15) is 0 Å². The fraction of sp³-hybridized carbons (Fsp3) is 0.280. The number of nitrogens with one attached hydrogen (secondary N) is 1. The SMILES string of the molecule is N#Cc1ccc(Cn2cncc2CNC2C=C(c3cccc(Cl)c3)CCCC2)cc1. The molecule has 1 unspecified atom stereocenters. The highest BCUT2D eigenvalue weighted by molar-refractivity contribution is 6.30. The molecule has 1 aliphatic rings. The van der Waals surface area contributed by atoms with Gasteiger partial charge in [-0.15, -0.1) is 0 Å². The lowest BCUT2D eigenvalue weighted by Gasteiger charge is -2.16. The number of nitriles is 1. The minimum Gasteiger partial charge on any atom is -0.329 e. The molecule has 0 saturated heterocycles. The van der Waals surface area contributed by atoms with Crippen molar-refractivity contribution in [1.82, 2.24) is 14.9 Å². The molecule has 5 heteroatoms. The lowest BCUT2D eigenvalue weighted by molar-refractivity contribution is 0.525. The molecular weight excluding hydrogens is 392 g/mol. The molecule has 152 valence electrons. The van der Waals surface area contributed by atoms with E-state index in [1.807, 2.05) is 48.9 Å². The van der Waals surface area contributed by atoms with E-state index in [-0.39, 0.29) is 0 Å². The van der Waals surface area contributed by atoms with E-state index in [0.717, 1.165) is 42.2 Å². The maximum absolute atomic E-state index is 8.96. The standard InChI is InChI=1S/C25H25ClN4/c26-23-6-3-5-21(12-23)22-4-1-2-7-24(13-22)29-16-25-15-28-18-30(25)17-20-10-8-19(14-27)9-11-20/h3,5-6,8-13,15,18,24,29H,1-2,4,7,16-17H2. The van der Waals surface area contributed by atoms with Crippen molar-refractivity contribution in [1.29, 1.82) is 5.26 Å². The van der Waals surface area contributed by atoms with Crippen molar-refractivity contribution in [3.8, 4) is 6.07 Å². The molecule has 0 spiro atoms. The van der Waals surface area contributed by atoms with Crippen molar-refractivity contribution in [2.75, 3.05) is 0 Å². The molecule has 0 bridgehead atoms. The van der Waals surface area contributed by atoms with Gasteiger partial charge in [0.15, 0.2) is 0 Å². The lowest BCUT2D eigenvalue weighted by Crippen LogP contribution is -2.27. The third-order valence-electron chi connectivity index (χ3n) is 5.59. The van der Waals surface area contributed by atoms with Gasteiger partial charge in [0.2, 0.25) is 0 Å². The van der Waals surface area contributed by atoms with Gasteiger partial charge in [-0.05, 0) is 60.2 Å². The van der Waals surface area contributed by atoms with Crippen LogP contribution in [0.15, 0.2) is 67.1 Å². The molecule has 0 radical (unpaired) electrons. The van der Waals surface area contributed by atoms with Crippen LogP contribution in [0.4, 0.5) is 0 Å². The van der Waals surface area contributed by atoms with E-state index in [0.29, 0.717) is 11.6 Å². The molecule has 0 fully saturated rings. The highest BCUT2D eigenvalue weighted by atomic mass is 35.5. The molecule has 30 heavy (non-hydrogen) atoms.